The summed E-state index contributed by atoms with van der Waals surface area (Å²) >= 11 is 1.38. The van der Waals surface area contributed by atoms with Gasteiger partial charge in [0.25, 0.3) is 0 Å². The number of thioether (sulfide) groups is 1. The molecule has 2 rings (SSSR count). The van der Waals surface area contributed by atoms with E-state index in [1.165, 1.54) is 23.9 Å². The first-order valence-electron chi connectivity index (χ1n) is 5.11. The predicted octanol–water partition coefficient (Wildman–Crippen LogP) is 3.79. The summed E-state index contributed by atoms with van der Waals surface area (Å²) in [5, 5.41) is 0.609. The second-order valence-electron chi connectivity index (χ2n) is 3.51. The molecule has 0 spiro atoms. The van der Waals surface area contributed by atoms with E-state index in [9.17, 15) is 13.2 Å². The Hall–Kier alpha value is -1.56. The Morgan fingerprint density at radius 3 is 2.17 bits per heavy atom. The Kier molecular flexibility index (Phi) is 3.86. The number of halogens is 3. The summed E-state index contributed by atoms with van der Waals surface area (Å²) in [6, 6.07) is 6.82. The van der Waals surface area contributed by atoms with Crippen molar-refractivity contribution < 1.29 is 13.2 Å². The van der Waals surface area contributed by atoms with Gasteiger partial charge >= 0.3 is 6.18 Å². The van der Waals surface area contributed by atoms with Crippen LogP contribution in [0.5, 0.6) is 0 Å². The van der Waals surface area contributed by atoms with Crippen molar-refractivity contribution in [3.63, 3.8) is 0 Å². The summed E-state index contributed by atoms with van der Waals surface area (Å²) in [5.74, 6) is 0.544. The molecule has 0 fully saturated rings. The van der Waals surface area contributed by atoms with Crippen molar-refractivity contribution >= 4 is 11.8 Å². The smallest absolute Gasteiger partial charge is 0.231 e. The van der Waals surface area contributed by atoms with Gasteiger partial charge in [-0.1, -0.05) is 23.9 Å². The van der Waals surface area contributed by atoms with Crippen LogP contribution in [0.2, 0.25) is 0 Å². The first-order valence-corrected chi connectivity index (χ1v) is 6.10. The van der Waals surface area contributed by atoms with Gasteiger partial charge in [0.2, 0.25) is 0 Å². The molecule has 0 aliphatic carbocycles. The highest BCUT2D eigenvalue weighted by Gasteiger charge is 2.29. The number of nitrogens with zero attached hydrogens (tertiary/aromatic N) is 2. The van der Waals surface area contributed by atoms with Crippen molar-refractivity contribution in [2.45, 2.75) is 17.1 Å². The Balaban J connectivity index is 1.99. The minimum Gasteiger partial charge on any atom is -0.231 e. The SMILES string of the molecule is FC(F)(F)c1ccc(CSc2ncccn2)cc1. The molecule has 0 saturated heterocycles. The lowest BCUT2D eigenvalue weighted by Gasteiger charge is -2.07. The van der Waals surface area contributed by atoms with Crippen LogP contribution < -0.4 is 0 Å². The van der Waals surface area contributed by atoms with E-state index in [0.717, 1.165) is 17.7 Å². The number of aromatic nitrogens is 2. The predicted molar refractivity (Wildman–Crippen MR) is 63.0 cm³/mol. The third kappa shape index (κ3) is 3.46. The van der Waals surface area contributed by atoms with Gasteiger partial charge in [-0.2, -0.15) is 13.2 Å². The van der Waals surface area contributed by atoms with E-state index in [0.29, 0.717) is 10.9 Å². The Labute approximate surface area is 106 Å². The van der Waals surface area contributed by atoms with Crippen LogP contribution in [0.25, 0.3) is 0 Å². The molecule has 1 heterocycles. The van der Waals surface area contributed by atoms with E-state index in [2.05, 4.69) is 9.97 Å². The quantitative estimate of drug-likeness (QED) is 0.627. The van der Waals surface area contributed by atoms with E-state index in [1.54, 1.807) is 18.5 Å². The monoisotopic (exact) mass is 270 g/mol. The van der Waals surface area contributed by atoms with Crippen LogP contribution in [0.1, 0.15) is 11.1 Å². The van der Waals surface area contributed by atoms with Gasteiger partial charge in [-0.3, -0.25) is 0 Å². The standard InChI is InChI=1S/C12H9F3N2S/c13-12(14,15)10-4-2-9(3-5-10)8-18-11-16-6-1-7-17-11/h1-7H,8H2. The van der Waals surface area contributed by atoms with Crippen LogP contribution in [-0.4, -0.2) is 9.97 Å². The van der Waals surface area contributed by atoms with E-state index in [4.69, 9.17) is 0 Å². The molecular formula is C12H9F3N2S. The van der Waals surface area contributed by atoms with Crippen molar-refractivity contribution in [1.29, 1.82) is 0 Å². The molecule has 0 unspecified atom stereocenters. The highest BCUT2D eigenvalue weighted by molar-refractivity contribution is 7.98. The highest BCUT2D eigenvalue weighted by atomic mass is 32.2. The zero-order valence-electron chi connectivity index (χ0n) is 9.19. The van der Waals surface area contributed by atoms with Crippen molar-refractivity contribution in [2.75, 3.05) is 0 Å². The molecule has 0 aliphatic heterocycles. The van der Waals surface area contributed by atoms with Crippen LogP contribution in [0.3, 0.4) is 0 Å². The number of rotatable bonds is 3. The van der Waals surface area contributed by atoms with Crippen molar-refractivity contribution in [1.82, 2.24) is 9.97 Å². The number of alkyl halides is 3. The molecule has 0 amide bonds. The Morgan fingerprint density at radius 1 is 1.00 bits per heavy atom. The fourth-order valence-electron chi connectivity index (χ4n) is 1.30. The molecule has 0 aliphatic rings. The molecule has 94 valence electrons. The van der Waals surface area contributed by atoms with Crippen LogP contribution in [0.15, 0.2) is 47.9 Å². The second-order valence-corrected chi connectivity index (χ2v) is 4.46. The van der Waals surface area contributed by atoms with Crippen LogP contribution in [0, 0.1) is 0 Å². The van der Waals surface area contributed by atoms with Gasteiger partial charge in [-0.15, -0.1) is 0 Å². The summed E-state index contributed by atoms with van der Waals surface area (Å²) < 4.78 is 37.0. The van der Waals surface area contributed by atoms with E-state index >= 15 is 0 Å². The summed E-state index contributed by atoms with van der Waals surface area (Å²) in [6.45, 7) is 0. The molecule has 0 N–H and O–H groups in total. The average molecular weight is 270 g/mol. The van der Waals surface area contributed by atoms with Gasteiger partial charge < -0.3 is 0 Å². The molecule has 0 saturated carbocycles. The molecule has 1 aromatic carbocycles. The highest BCUT2D eigenvalue weighted by Crippen LogP contribution is 2.29. The van der Waals surface area contributed by atoms with Crippen LogP contribution >= 0.6 is 11.8 Å². The van der Waals surface area contributed by atoms with Gasteiger partial charge in [0.15, 0.2) is 5.16 Å². The maximum absolute atomic E-state index is 12.3. The summed E-state index contributed by atoms with van der Waals surface area (Å²) in [7, 11) is 0. The minimum atomic E-state index is -4.28. The largest absolute Gasteiger partial charge is 0.416 e. The Morgan fingerprint density at radius 2 is 1.61 bits per heavy atom. The zero-order chi connectivity index (χ0) is 13.0. The normalized spacial score (nSPS) is 11.5. The third-order valence-corrected chi connectivity index (χ3v) is 3.14. The van der Waals surface area contributed by atoms with Gasteiger partial charge in [-0.25, -0.2) is 9.97 Å². The van der Waals surface area contributed by atoms with Gasteiger partial charge in [0, 0.05) is 18.1 Å². The van der Waals surface area contributed by atoms with Gasteiger partial charge in [-0.05, 0) is 23.8 Å². The molecule has 0 atom stereocenters. The first-order chi connectivity index (χ1) is 8.55. The summed E-state index contributed by atoms with van der Waals surface area (Å²) in [4.78, 5) is 8.04. The number of benzene rings is 1. The van der Waals surface area contributed by atoms with E-state index in [1.807, 2.05) is 0 Å². The number of hydrogen-bond donors (Lipinski definition) is 0. The molecule has 18 heavy (non-hydrogen) atoms. The lowest BCUT2D eigenvalue weighted by Crippen LogP contribution is -2.04. The van der Waals surface area contributed by atoms with Crippen molar-refractivity contribution in [2.24, 2.45) is 0 Å². The lowest BCUT2D eigenvalue weighted by atomic mass is 10.1. The topological polar surface area (TPSA) is 25.8 Å². The minimum absolute atomic E-state index is 0.544. The molecule has 0 radical (unpaired) electrons. The third-order valence-electron chi connectivity index (χ3n) is 2.19. The maximum atomic E-state index is 12.3. The second kappa shape index (κ2) is 5.39. The molecule has 2 nitrogen and oxygen atoms in total. The molecule has 2 aromatic rings. The molecule has 1 aromatic heterocycles. The van der Waals surface area contributed by atoms with E-state index < -0.39 is 11.7 Å². The molecular weight excluding hydrogens is 261 g/mol. The van der Waals surface area contributed by atoms with Crippen molar-refractivity contribution in [3.05, 3.63) is 53.9 Å². The number of hydrogen-bond acceptors (Lipinski definition) is 3. The van der Waals surface area contributed by atoms with Crippen LogP contribution in [0.4, 0.5) is 13.2 Å². The molecule has 6 heteroatoms. The summed E-state index contributed by atoms with van der Waals surface area (Å²) in [6.07, 6.45) is -1.03. The van der Waals surface area contributed by atoms with Crippen LogP contribution in [-0.2, 0) is 11.9 Å². The zero-order valence-corrected chi connectivity index (χ0v) is 10.0. The maximum Gasteiger partial charge on any atom is 0.416 e. The Bertz CT molecular complexity index is 497. The summed E-state index contributed by atoms with van der Waals surface area (Å²) in [5.41, 5.74) is 0.174. The first kappa shape index (κ1) is 12.9. The molecule has 0 bridgehead atoms. The van der Waals surface area contributed by atoms with Crippen molar-refractivity contribution in [3.8, 4) is 0 Å². The van der Waals surface area contributed by atoms with Gasteiger partial charge in [0.1, 0.15) is 0 Å². The lowest BCUT2D eigenvalue weighted by molar-refractivity contribution is -0.137. The van der Waals surface area contributed by atoms with Gasteiger partial charge in [0.05, 0.1) is 5.56 Å². The fraction of sp³-hybridized carbons (Fsp3) is 0.167. The average Bonchev–Trinajstić information content (AvgIpc) is 2.37. The fourth-order valence-corrected chi connectivity index (χ4v) is 2.06. The van der Waals surface area contributed by atoms with E-state index in [-0.39, 0.29) is 0 Å².